The minimum absolute atomic E-state index is 0.333. The highest BCUT2D eigenvalue weighted by Crippen LogP contribution is 2.34. The van der Waals surface area contributed by atoms with E-state index in [4.69, 9.17) is 21.7 Å². The summed E-state index contributed by atoms with van der Waals surface area (Å²) in [5, 5.41) is 8.89. The molecule has 0 amide bonds. The Bertz CT molecular complexity index is 306. The molecule has 0 bridgehead atoms. The van der Waals surface area contributed by atoms with E-state index in [9.17, 15) is 0 Å². The Balaban J connectivity index is 3.27. The molecule has 0 saturated heterocycles. The number of ether oxygens (including phenoxy) is 1. The van der Waals surface area contributed by atoms with E-state index in [2.05, 4.69) is 4.98 Å². The maximum absolute atomic E-state index is 8.46. The van der Waals surface area contributed by atoms with Crippen LogP contribution in [0, 0.1) is 5.39 Å². The van der Waals surface area contributed by atoms with Crippen LogP contribution in [-0.2, 0) is 0 Å². The summed E-state index contributed by atoms with van der Waals surface area (Å²) in [6.45, 7) is 0. The number of diazo groups is 1. The van der Waals surface area contributed by atoms with E-state index in [0.717, 1.165) is 0 Å². The molecule has 1 rings (SSSR count). The highest BCUT2D eigenvalue weighted by molar-refractivity contribution is 6.32. The number of para-hydroxylation sites is 1. The van der Waals surface area contributed by atoms with Crippen molar-refractivity contribution in [1.82, 2.24) is 0 Å². The molecule has 0 spiro atoms. The first-order valence-electron chi connectivity index (χ1n) is 2.97. The summed E-state index contributed by atoms with van der Waals surface area (Å²) in [7, 11) is 1.47. The predicted octanol–water partition coefficient (Wildman–Crippen LogP) is 2.83. The lowest BCUT2D eigenvalue weighted by Crippen LogP contribution is -1.82. The van der Waals surface area contributed by atoms with Gasteiger partial charge in [-0.1, -0.05) is 17.7 Å². The van der Waals surface area contributed by atoms with E-state index >= 15 is 0 Å². The van der Waals surface area contributed by atoms with Gasteiger partial charge in [0.1, 0.15) is 0 Å². The quantitative estimate of drug-likeness (QED) is 0.607. The van der Waals surface area contributed by atoms with E-state index in [-0.39, 0.29) is 0 Å². The summed E-state index contributed by atoms with van der Waals surface area (Å²) in [5.74, 6) is 0.386. The van der Waals surface area contributed by atoms with Crippen molar-refractivity contribution in [1.29, 1.82) is 5.39 Å². The third-order valence-corrected chi connectivity index (χ3v) is 1.56. The molecule has 0 heterocycles. The Morgan fingerprint density at radius 1 is 1.55 bits per heavy atom. The van der Waals surface area contributed by atoms with Crippen LogP contribution in [0.25, 0.3) is 4.98 Å². The van der Waals surface area contributed by atoms with Crippen LogP contribution in [0.5, 0.6) is 5.75 Å². The average Bonchev–Trinajstić information content (AvgIpc) is 2.04. The Kier molecular flexibility index (Phi) is 2.29. The van der Waals surface area contributed by atoms with Crippen molar-refractivity contribution in [2.24, 2.45) is 0 Å². The molecule has 1 aromatic rings. The standard InChI is InChI=1S/C7H6ClN2O/c1-11-7-5(8)3-2-4-6(7)10-9/h2-4H,1H3/q+1. The number of benzene rings is 1. The number of methoxy groups -OCH3 is 1. The normalized spacial score (nSPS) is 8.82. The summed E-state index contributed by atoms with van der Waals surface area (Å²) >= 11 is 5.71. The van der Waals surface area contributed by atoms with Crippen LogP contribution in [0.15, 0.2) is 18.2 Å². The molecule has 0 radical (unpaired) electrons. The first kappa shape index (κ1) is 7.83. The zero-order valence-corrected chi connectivity index (χ0v) is 6.67. The zero-order chi connectivity index (χ0) is 8.27. The number of halogens is 1. The second-order valence-corrected chi connectivity index (χ2v) is 2.30. The SMILES string of the molecule is COc1c(Cl)cccc1[N+]#N. The fourth-order valence-electron chi connectivity index (χ4n) is 0.778. The van der Waals surface area contributed by atoms with Gasteiger partial charge in [-0.2, -0.15) is 0 Å². The lowest BCUT2D eigenvalue weighted by atomic mass is 10.3. The second-order valence-electron chi connectivity index (χ2n) is 1.89. The molecular weight excluding hydrogens is 164 g/mol. The van der Waals surface area contributed by atoms with Crippen LogP contribution >= 0.6 is 11.6 Å². The topological polar surface area (TPSA) is 37.4 Å². The third-order valence-electron chi connectivity index (χ3n) is 1.26. The zero-order valence-electron chi connectivity index (χ0n) is 5.91. The Labute approximate surface area is 69.2 Å². The van der Waals surface area contributed by atoms with Gasteiger partial charge in [-0.15, -0.1) is 0 Å². The smallest absolute Gasteiger partial charge is 0.427 e. The number of hydrogen-bond donors (Lipinski definition) is 0. The number of rotatable bonds is 1. The van der Waals surface area contributed by atoms with E-state index in [1.165, 1.54) is 7.11 Å². The molecule has 0 atom stereocenters. The molecule has 0 aliphatic carbocycles. The van der Waals surface area contributed by atoms with Gasteiger partial charge in [-0.25, -0.2) is 0 Å². The van der Waals surface area contributed by atoms with Crippen LogP contribution in [0.3, 0.4) is 0 Å². The Morgan fingerprint density at radius 3 is 2.73 bits per heavy atom. The molecule has 1 aromatic carbocycles. The summed E-state index contributed by atoms with van der Waals surface area (Å²) in [4.78, 5) is 2.99. The first-order chi connectivity index (χ1) is 5.29. The summed E-state index contributed by atoms with van der Waals surface area (Å²) in [6, 6.07) is 4.94. The van der Waals surface area contributed by atoms with E-state index in [0.29, 0.717) is 16.5 Å². The highest BCUT2D eigenvalue weighted by atomic mass is 35.5. The van der Waals surface area contributed by atoms with Crippen molar-refractivity contribution in [3.05, 3.63) is 28.2 Å². The molecule has 3 nitrogen and oxygen atoms in total. The van der Waals surface area contributed by atoms with Crippen molar-refractivity contribution in [3.8, 4) is 5.75 Å². The first-order valence-corrected chi connectivity index (χ1v) is 3.35. The Morgan fingerprint density at radius 2 is 2.27 bits per heavy atom. The minimum Gasteiger partial charge on any atom is -0.488 e. The Hall–Kier alpha value is -1.27. The van der Waals surface area contributed by atoms with E-state index in [1.807, 2.05) is 0 Å². The van der Waals surface area contributed by atoms with Crippen molar-refractivity contribution in [2.45, 2.75) is 0 Å². The van der Waals surface area contributed by atoms with Crippen LogP contribution in [0.1, 0.15) is 0 Å². The minimum atomic E-state index is 0.333. The van der Waals surface area contributed by atoms with Gasteiger partial charge in [-0.3, -0.25) is 0 Å². The average molecular weight is 170 g/mol. The summed E-state index contributed by atoms with van der Waals surface area (Å²) in [5.41, 5.74) is 0.333. The molecule has 56 valence electrons. The number of nitrogens with zero attached hydrogens (tertiary/aromatic N) is 2. The van der Waals surface area contributed by atoms with Gasteiger partial charge >= 0.3 is 5.69 Å². The van der Waals surface area contributed by atoms with Crippen molar-refractivity contribution in [3.63, 3.8) is 0 Å². The molecule has 0 aromatic heterocycles. The van der Waals surface area contributed by atoms with Crippen LogP contribution in [-0.4, -0.2) is 7.11 Å². The largest absolute Gasteiger partial charge is 0.488 e. The highest BCUT2D eigenvalue weighted by Gasteiger charge is 2.16. The molecule has 0 N–H and O–H groups in total. The van der Waals surface area contributed by atoms with Crippen LogP contribution < -0.4 is 4.74 Å². The van der Waals surface area contributed by atoms with E-state index < -0.39 is 0 Å². The van der Waals surface area contributed by atoms with Crippen molar-refractivity contribution in [2.75, 3.05) is 7.11 Å². The predicted molar refractivity (Wildman–Crippen MR) is 42.7 cm³/mol. The monoisotopic (exact) mass is 169 g/mol. The molecule has 0 saturated carbocycles. The molecule has 0 unspecified atom stereocenters. The van der Waals surface area contributed by atoms with Gasteiger partial charge in [0.05, 0.1) is 12.1 Å². The maximum Gasteiger partial charge on any atom is 0.427 e. The molecule has 0 aliphatic heterocycles. The number of hydrogen-bond acceptors (Lipinski definition) is 2. The van der Waals surface area contributed by atoms with Crippen molar-refractivity contribution < 1.29 is 4.74 Å². The van der Waals surface area contributed by atoms with Gasteiger partial charge in [-0.05, 0) is 6.07 Å². The van der Waals surface area contributed by atoms with Gasteiger partial charge in [0, 0.05) is 6.07 Å². The molecule has 0 aliphatic rings. The van der Waals surface area contributed by atoms with E-state index in [1.54, 1.807) is 18.2 Å². The van der Waals surface area contributed by atoms with Gasteiger partial charge in [0.15, 0.2) is 4.98 Å². The lowest BCUT2D eigenvalue weighted by Gasteiger charge is -1.96. The fourth-order valence-corrected chi connectivity index (χ4v) is 1.02. The van der Waals surface area contributed by atoms with Gasteiger partial charge in [0.2, 0.25) is 11.1 Å². The van der Waals surface area contributed by atoms with Crippen molar-refractivity contribution >= 4 is 17.3 Å². The molecule has 0 fully saturated rings. The van der Waals surface area contributed by atoms with Crippen LogP contribution in [0.4, 0.5) is 5.69 Å². The summed E-state index contributed by atoms with van der Waals surface area (Å²) in [6.07, 6.45) is 0. The fraction of sp³-hybridized carbons (Fsp3) is 0.143. The third kappa shape index (κ3) is 1.41. The molecular formula is C7H6ClN2O+. The maximum atomic E-state index is 8.46. The molecule has 4 heteroatoms. The summed E-state index contributed by atoms with van der Waals surface area (Å²) < 4.78 is 4.88. The second kappa shape index (κ2) is 3.22. The van der Waals surface area contributed by atoms with Gasteiger partial charge < -0.3 is 4.74 Å². The molecule has 11 heavy (non-hydrogen) atoms. The van der Waals surface area contributed by atoms with Gasteiger partial charge in [0.25, 0.3) is 0 Å². The lowest BCUT2D eigenvalue weighted by molar-refractivity contribution is 0.417. The van der Waals surface area contributed by atoms with Crippen LogP contribution in [0.2, 0.25) is 5.02 Å².